The molecule has 11 heteroatoms. The lowest BCUT2D eigenvalue weighted by Crippen LogP contribution is -2.79. The van der Waals surface area contributed by atoms with Gasteiger partial charge in [0.15, 0.2) is 0 Å². The average molecular weight is 300 g/mol. The van der Waals surface area contributed by atoms with Crippen molar-refractivity contribution in [1.29, 1.82) is 0 Å². The summed E-state index contributed by atoms with van der Waals surface area (Å²) >= 11 is 0. The standard InChI is InChI=1S/C10H12N4O7/c1-4(15)14-7(18)13-9-5(16)11-6(17)12-10(9,14)21-8(2,19-3)20-9/h1-3H3,(H,13,18)(H2,11,12,16,17). The van der Waals surface area contributed by atoms with Crippen LogP contribution in [0.2, 0.25) is 0 Å². The number of urea groups is 2. The van der Waals surface area contributed by atoms with Gasteiger partial charge in [-0.25, -0.2) is 14.5 Å². The van der Waals surface area contributed by atoms with Crippen LogP contribution < -0.4 is 16.0 Å². The summed E-state index contributed by atoms with van der Waals surface area (Å²) in [6, 6.07) is -1.89. The predicted molar refractivity (Wildman–Crippen MR) is 60.8 cm³/mol. The van der Waals surface area contributed by atoms with E-state index >= 15 is 0 Å². The highest BCUT2D eigenvalue weighted by Gasteiger charge is 2.82. The number of methoxy groups -OCH3 is 1. The fraction of sp³-hybridized carbons (Fsp3) is 0.600. The predicted octanol–water partition coefficient (Wildman–Crippen LogP) is -1.89. The highest BCUT2D eigenvalue weighted by molar-refractivity contribution is 6.09. The van der Waals surface area contributed by atoms with Gasteiger partial charge in [-0.1, -0.05) is 0 Å². The SMILES string of the molecule is COC1(C)OC23NC(=O)N(C(C)=O)C2(NC(=O)NC3=O)O1. The molecule has 0 aliphatic carbocycles. The highest BCUT2D eigenvalue weighted by atomic mass is 16.9. The first kappa shape index (κ1) is 13.7. The molecule has 21 heavy (non-hydrogen) atoms. The largest absolute Gasteiger partial charge is 0.331 e. The molecular weight excluding hydrogens is 288 g/mol. The summed E-state index contributed by atoms with van der Waals surface area (Å²) in [6.07, 6.45) is 0. The second-order valence-electron chi connectivity index (χ2n) is 4.79. The maximum atomic E-state index is 12.2. The van der Waals surface area contributed by atoms with Crippen molar-refractivity contribution in [2.24, 2.45) is 0 Å². The van der Waals surface area contributed by atoms with Gasteiger partial charge in [-0.3, -0.25) is 35.0 Å². The molecule has 114 valence electrons. The van der Waals surface area contributed by atoms with Gasteiger partial charge in [0.05, 0.1) is 0 Å². The summed E-state index contributed by atoms with van der Waals surface area (Å²) in [4.78, 5) is 48.2. The summed E-state index contributed by atoms with van der Waals surface area (Å²) < 4.78 is 15.9. The Balaban J connectivity index is 2.22. The van der Waals surface area contributed by atoms with Crippen molar-refractivity contribution in [2.45, 2.75) is 31.4 Å². The molecule has 3 heterocycles. The van der Waals surface area contributed by atoms with E-state index < -0.39 is 41.4 Å². The number of imide groups is 2. The molecule has 0 aromatic heterocycles. The fourth-order valence-electron chi connectivity index (χ4n) is 2.62. The number of amides is 6. The maximum Gasteiger partial charge on any atom is 0.330 e. The van der Waals surface area contributed by atoms with Crippen LogP contribution in [0, 0.1) is 0 Å². The van der Waals surface area contributed by atoms with Crippen LogP contribution in [0.3, 0.4) is 0 Å². The van der Waals surface area contributed by atoms with E-state index in [1.165, 1.54) is 14.0 Å². The second-order valence-corrected chi connectivity index (χ2v) is 4.79. The number of ether oxygens (including phenoxy) is 3. The Labute approximate surface area is 117 Å². The Morgan fingerprint density at radius 2 is 1.90 bits per heavy atom. The number of nitrogens with zero attached hydrogens (tertiary/aromatic N) is 1. The van der Waals surface area contributed by atoms with Crippen molar-refractivity contribution in [2.75, 3.05) is 7.11 Å². The van der Waals surface area contributed by atoms with Gasteiger partial charge in [-0.2, -0.15) is 0 Å². The zero-order valence-corrected chi connectivity index (χ0v) is 11.3. The minimum atomic E-state index is -2.17. The first-order chi connectivity index (χ1) is 9.70. The Morgan fingerprint density at radius 3 is 2.48 bits per heavy atom. The van der Waals surface area contributed by atoms with Crippen LogP contribution in [0.1, 0.15) is 13.8 Å². The Kier molecular flexibility index (Phi) is 2.41. The molecule has 0 aromatic rings. The summed E-state index contributed by atoms with van der Waals surface area (Å²) in [5, 5.41) is 6.42. The first-order valence-electron chi connectivity index (χ1n) is 5.92. The molecule has 0 aromatic carbocycles. The third-order valence-corrected chi connectivity index (χ3v) is 3.47. The monoisotopic (exact) mass is 300 g/mol. The van der Waals surface area contributed by atoms with Crippen molar-refractivity contribution in [1.82, 2.24) is 20.9 Å². The normalized spacial score (nSPS) is 41.1. The number of nitrogens with one attached hydrogen (secondary N) is 3. The van der Waals surface area contributed by atoms with Crippen molar-refractivity contribution in [3.8, 4) is 0 Å². The van der Waals surface area contributed by atoms with Gasteiger partial charge >= 0.3 is 12.1 Å². The van der Waals surface area contributed by atoms with E-state index in [1.807, 2.05) is 5.32 Å². The van der Waals surface area contributed by atoms with E-state index in [-0.39, 0.29) is 0 Å². The molecule has 3 unspecified atom stereocenters. The molecule has 6 amide bonds. The topological polar surface area (TPSA) is 135 Å². The molecule has 3 atom stereocenters. The van der Waals surface area contributed by atoms with Crippen molar-refractivity contribution < 1.29 is 33.4 Å². The third-order valence-electron chi connectivity index (χ3n) is 3.47. The molecule has 0 saturated carbocycles. The van der Waals surface area contributed by atoms with Gasteiger partial charge in [0.25, 0.3) is 23.5 Å². The lowest BCUT2D eigenvalue weighted by molar-refractivity contribution is -0.339. The smallest absolute Gasteiger partial charge is 0.330 e. The van der Waals surface area contributed by atoms with Crippen LogP contribution in [0.5, 0.6) is 0 Å². The van der Waals surface area contributed by atoms with Crippen molar-refractivity contribution >= 4 is 23.9 Å². The lowest BCUT2D eigenvalue weighted by atomic mass is 10.1. The molecule has 0 spiro atoms. The summed E-state index contributed by atoms with van der Waals surface area (Å²) in [5.74, 6) is -5.67. The molecule has 3 aliphatic rings. The molecule has 3 rings (SSSR count). The number of hydrogen-bond donors (Lipinski definition) is 3. The van der Waals surface area contributed by atoms with E-state index in [4.69, 9.17) is 14.2 Å². The van der Waals surface area contributed by atoms with Gasteiger partial charge in [0.1, 0.15) is 0 Å². The second kappa shape index (κ2) is 3.69. The molecule has 0 radical (unpaired) electrons. The van der Waals surface area contributed by atoms with Gasteiger partial charge in [0.2, 0.25) is 5.91 Å². The van der Waals surface area contributed by atoms with Crippen molar-refractivity contribution in [3.05, 3.63) is 0 Å². The zero-order valence-electron chi connectivity index (χ0n) is 11.3. The molecule has 3 N–H and O–H groups in total. The Morgan fingerprint density at radius 1 is 1.24 bits per heavy atom. The van der Waals surface area contributed by atoms with Crippen LogP contribution in [0.25, 0.3) is 0 Å². The van der Waals surface area contributed by atoms with Gasteiger partial charge in [-0.05, 0) is 0 Å². The Bertz CT molecular complexity index is 594. The van der Waals surface area contributed by atoms with E-state index in [0.717, 1.165) is 6.92 Å². The van der Waals surface area contributed by atoms with Gasteiger partial charge < -0.3 is 4.74 Å². The van der Waals surface area contributed by atoms with Crippen molar-refractivity contribution in [3.63, 3.8) is 0 Å². The number of hydrogen-bond acceptors (Lipinski definition) is 7. The fourth-order valence-corrected chi connectivity index (χ4v) is 2.62. The van der Waals surface area contributed by atoms with E-state index in [0.29, 0.717) is 4.90 Å². The molecule has 3 saturated heterocycles. The minimum Gasteiger partial charge on any atom is -0.331 e. The molecular formula is C10H12N4O7. The van der Waals surface area contributed by atoms with E-state index in [1.54, 1.807) is 0 Å². The lowest BCUT2D eigenvalue weighted by Gasteiger charge is -2.40. The van der Waals surface area contributed by atoms with Crippen LogP contribution in [-0.4, -0.2) is 53.4 Å². The summed E-state index contributed by atoms with van der Waals surface area (Å²) in [6.45, 7) is 2.40. The van der Waals surface area contributed by atoms with Gasteiger partial charge in [0, 0.05) is 21.0 Å². The van der Waals surface area contributed by atoms with E-state index in [2.05, 4.69) is 10.6 Å². The minimum absolute atomic E-state index is 0.563. The maximum absolute atomic E-state index is 12.2. The number of carbonyl (C=O) groups excluding carboxylic acids is 4. The molecule has 3 fully saturated rings. The number of rotatable bonds is 1. The van der Waals surface area contributed by atoms with Crippen LogP contribution in [-0.2, 0) is 23.8 Å². The zero-order chi connectivity index (χ0) is 15.6. The highest BCUT2D eigenvalue weighted by Crippen LogP contribution is 2.48. The van der Waals surface area contributed by atoms with E-state index in [9.17, 15) is 19.2 Å². The van der Waals surface area contributed by atoms with Crippen LogP contribution in [0.15, 0.2) is 0 Å². The molecule has 11 nitrogen and oxygen atoms in total. The van der Waals surface area contributed by atoms with Crippen LogP contribution >= 0.6 is 0 Å². The summed E-state index contributed by atoms with van der Waals surface area (Å²) in [7, 11) is 1.24. The third kappa shape index (κ3) is 1.42. The Hall–Kier alpha value is -2.24. The van der Waals surface area contributed by atoms with Crippen LogP contribution in [0.4, 0.5) is 9.59 Å². The molecule has 3 aliphatic heterocycles. The van der Waals surface area contributed by atoms with Gasteiger partial charge in [-0.15, -0.1) is 0 Å². The first-order valence-corrected chi connectivity index (χ1v) is 5.92. The number of carbonyl (C=O) groups is 4. The summed E-state index contributed by atoms with van der Waals surface area (Å²) in [5.41, 5.74) is -2.14. The quantitative estimate of drug-likeness (QED) is 0.515. The average Bonchev–Trinajstić information content (AvgIpc) is 2.72. The molecule has 0 bridgehead atoms.